The van der Waals surface area contributed by atoms with E-state index in [1.807, 2.05) is 0 Å². The second kappa shape index (κ2) is 5.30. The van der Waals surface area contributed by atoms with E-state index < -0.39 is 12.0 Å². The first-order valence-corrected chi connectivity index (χ1v) is 6.28. The second-order valence-corrected chi connectivity index (χ2v) is 4.95. The molecule has 0 bridgehead atoms. The van der Waals surface area contributed by atoms with Crippen LogP contribution in [0.2, 0.25) is 0 Å². The first-order chi connectivity index (χ1) is 8.99. The third-order valence-corrected chi connectivity index (χ3v) is 3.17. The van der Waals surface area contributed by atoms with E-state index in [9.17, 15) is 9.59 Å². The molecule has 2 N–H and O–H groups in total. The number of carbonyl (C=O) groups is 2. The van der Waals surface area contributed by atoms with E-state index in [1.165, 1.54) is 0 Å². The predicted molar refractivity (Wildman–Crippen MR) is 69.4 cm³/mol. The van der Waals surface area contributed by atoms with Crippen LogP contribution < -0.4 is 10.1 Å². The maximum Gasteiger partial charge on any atom is 0.326 e. The van der Waals surface area contributed by atoms with E-state index in [-0.39, 0.29) is 11.8 Å². The van der Waals surface area contributed by atoms with Crippen LogP contribution in [0, 0.1) is 5.92 Å². The summed E-state index contributed by atoms with van der Waals surface area (Å²) in [5, 5.41) is 11.6. The number of carboxylic acids is 1. The number of carbonyl (C=O) groups excluding carboxylic acids is 1. The average molecular weight is 263 g/mol. The Morgan fingerprint density at radius 1 is 1.37 bits per heavy atom. The summed E-state index contributed by atoms with van der Waals surface area (Å²) in [5.41, 5.74) is 1.46. The van der Waals surface area contributed by atoms with Crippen molar-refractivity contribution in [1.82, 2.24) is 5.32 Å². The number of hydrogen-bond donors (Lipinski definition) is 2. The van der Waals surface area contributed by atoms with Gasteiger partial charge in [-0.25, -0.2) is 4.79 Å². The Hall–Kier alpha value is -2.04. The highest BCUT2D eigenvalue weighted by Gasteiger charge is 2.24. The van der Waals surface area contributed by atoms with Crippen LogP contribution in [0.3, 0.4) is 0 Å². The molecule has 102 valence electrons. The normalized spacial score (nSPS) is 14.7. The smallest absolute Gasteiger partial charge is 0.326 e. The fourth-order valence-corrected chi connectivity index (χ4v) is 2.07. The van der Waals surface area contributed by atoms with Crippen molar-refractivity contribution < 1.29 is 19.4 Å². The van der Waals surface area contributed by atoms with Gasteiger partial charge in [0.1, 0.15) is 11.8 Å². The van der Waals surface area contributed by atoms with Crippen molar-refractivity contribution in [2.45, 2.75) is 26.3 Å². The van der Waals surface area contributed by atoms with Crippen molar-refractivity contribution in [3.05, 3.63) is 29.3 Å². The molecule has 1 aromatic rings. The fraction of sp³-hybridized carbons (Fsp3) is 0.429. The molecule has 1 aliphatic heterocycles. The number of amides is 1. The van der Waals surface area contributed by atoms with E-state index in [1.54, 1.807) is 32.0 Å². The molecule has 1 aromatic carbocycles. The molecule has 19 heavy (non-hydrogen) atoms. The molecule has 2 rings (SSSR count). The topological polar surface area (TPSA) is 75.6 Å². The SMILES string of the molecule is CC(C)C(NC(=O)c1ccc2c(c1)CCO2)C(=O)O. The molecule has 1 unspecified atom stereocenters. The maximum atomic E-state index is 12.0. The molecule has 5 heteroatoms. The number of rotatable bonds is 4. The number of carboxylic acid groups (broad SMARTS) is 1. The largest absolute Gasteiger partial charge is 0.493 e. The zero-order valence-electron chi connectivity index (χ0n) is 11.0. The number of nitrogens with one attached hydrogen (secondary N) is 1. The number of hydrogen-bond acceptors (Lipinski definition) is 3. The maximum absolute atomic E-state index is 12.0. The Morgan fingerprint density at radius 2 is 2.11 bits per heavy atom. The van der Waals surface area contributed by atoms with E-state index >= 15 is 0 Å². The van der Waals surface area contributed by atoms with Gasteiger partial charge in [0.15, 0.2) is 0 Å². The molecule has 0 saturated carbocycles. The first-order valence-electron chi connectivity index (χ1n) is 6.28. The molecule has 0 radical (unpaired) electrons. The van der Waals surface area contributed by atoms with E-state index in [4.69, 9.17) is 9.84 Å². The third-order valence-electron chi connectivity index (χ3n) is 3.17. The Kier molecular flexibility index (Phi) is 3.74. The molecule has 0 aromatic heterocycles. The van der Waals surface area contributed by atoms with Gasteiger partial charge in [0.05, 0.1) is 6.61 Å². The van der Waals surface area contributed by atoms with Crippen molar-refractivity contribution in [2.75, 3.05) is 6.61 Å². The number of benzene rings is 1. The molecule has 0 aliphatic carbocycles. The van der Waals surface area contributed by atoms with Crippen LogP contribution in [-0.4, -0.2) is 29.6 Å². The Labute approximate surface area is 111 Å². The second-order valence-electron chi connectivity index (χ2n) is 4.95. The quantitative estimate of drug-likeness (QED) is 0.862. The lowest BCUT2D eigenvalue weighted by Gasteiger charge is -2.18. The highest BCUT2D eigenvalue weighted by atomic mass is 16.5. The van der Waals surface area contributed by atoms with Crippen LogP contribution in [0.25, 0.3) is 0 Å². The van der Waals surface area contributed by atoms with Gasteiger partial charge < -0.3 is 15.2 Å². The van der Waals surface area contributed by atoms with Crippen molar-refractivity contribution in [2.24, 2.45) is 5.92 Å². The summed E-state index contributed by atoms with van der Waals surface area (Å²) in [5.74, 6) is -0.752. The molecule has 1 heterocycles. The van der Waals surface area contributed by atoms with Crippen molar-refractivity contribution in [3.8, 4) is 5.75 Å². The molecule has 0 spiro atoms. The lowest BCUT2D eigenvalue weighted by Crippen LogP contribution is -2.44. The summed E-state index contributed by atoms with van der Waals surface area (Å²) in [6.45, 7) is 4.15. The van der Waals surface area contributed by atoms with Gasteiger partial charge in [-0.2, -0.15) is 0 Å². The number of aliphatic carboxylic acids is 1. The van der Waals surface area contributed by atoms with Crippen molar-refractivity contribution in [1.29, 1.82) is 0 Å². The number of fused-ring (bicyclic) bond motifs is 1. The summed E-state index contributed by atoms with van der Waals surface area (Å²) in [6, 6.07) is 4.29. The van der Waals surface area contributed by atoms with Crippen LogP contribution in [-0.2, 0) is 11.2 Å². The molecule has 1 amide bonds. The summed E-state index contributed by atoms with van der Waals surface area (Å²) >= 11 is 0. The van der Waals surface area contributed by atoms with Crippen molar-refractivity contribution >= 4 is 11.9 Å². The Morgan fingerprint density at radius 3 is 2.74 bits per heavy atom. The highest BCUT2D eigenvalue weighted by Crippen LogP contribution is 2.25. The lowest BCUT2D eigenvalue weighted by molar-refractivity contribution is -0.140. The van der Waals surface area contributed by atoms with Gasteiger partial charge in [-0.1, -0.05) is 13.8 Å². The summed E-state index contributed by atoms with van der Waals surface area (Å²) < 4.78 is 5.36. The van der Waals surface area contributed by atoms with Gasteiger partial charge in [0.2, 0.25) is 0 Å². The van der Waals surface area contributed by atoms with Crippen LogP contribution in [0.4, 0.5) is 0 Å². The van der Waals surface area contributed by atoms with Gasteiger partial charge in [-0.05, 0) is 29.7 Å². The van der Waals surface area contributed by atoms with Gasteiger partial charge >= 0.3 is 5.97 Å². The van der Waals surface area contributed by atoms with Crippen molar-refractivity contribution in [3.63, 3.8) is 0 Å². The molecule has 5 nitrogen and oxygen atoms in total. The molecule has 0 saturated heterocycles. The zero-order chi connectivity index (χ0) is 14.0. The van der Waals surface area contributed by atoms with E-state index in [0.29, 0.717) is 12.2 Å². The summed E-state index contributed by atoms with van der Waals surface area (Å²) in [7, 11) is 0. The van der Waals surface area contributed by atoms with Crippen LogP contribution >= 0.6 is 0 Å². The van der Waals surface area contributed by atoms with Gasteiger partial charge in [-0.15, -0.1) is 0 Å². The Balaban J connectivity index is 2.13. The number of ether oxygens (including phenoxy) is 1. The molecule has 1 atom stereocenters. The molecule has 0 fully saturated rings. The monoisotopic (exact) mass is 263 g/mol. The average Bonchev–Trinajstić information content (AvgIpc) is 2.81. The standard InChI is InChI=1S/C14H17NO4/c1-8(2)12(14(17)18)15-13(16)10-3-4-11-9(7-10)5-6-19-11/h3-4,7-8,12H,5-6H2,1-2H3,(H,15,16)(H,17,18). The van der Waals surface area contributed by atoms with Crippen LogP contribution in [0.1, 0.15) is 29.8 Å². The minimum atomic E-state index is -1.02. The highest BCUT2D eigenvalue weighted by molar-refractivity contribution is 5.97. The minimum absolute atomic E-state index is 0.167. The van der Waals surface area contributed by atoms with Crippen LogP contribution in [0.15, 0.2) is 18.2 Å². The van der Waals surface area contributed by atoms with Crippen LogP contribution in [0.5, 0.6) is 5.75 Å². The lowest BCUT2D eigenvalue weighted by atomic mass is 10.0. The molecule has 1 aliphatic rings. The minimum Gasteiger partial charge on any atom is -0.493 e. The molecular formula is C14H17NO4. The zero-order valence-corrected chi connectivity index (χ0v) is 11.0. The summed E-state index contributed by atoms with van der Waals surface area (Å²) in [4.78, 5) is 23.1. The summed E-state index contributed by atoms with van der Waals surface area (Å²) in [6.07, 6.45) is 0.781. The van der Waals surface area contributed by atoms with Gasteiger partial charge in [-0.3, -0.25) is 4.79 Å². The van der Waals surface area contributed by atoms with Gasteiger partial charge in [0.25, 0.3) is 5.91 Å². The van der Waals surface area contributed by atoms with E-state index in [2.05, 4.69) is 5.32 Å². The molecular weight excluding hydrogens is 246 g/mol. The van der Waals surface area contributed by atoms with E-state index in [0.717, 1.165) is 17.7 Å². The van der Waals surface area contributed by atoms with Gasteiger partial charge in [0, 0.05) is 12.0 Å². The third kappa shape index (κ3) is 2.86. The first kappa shape index (κ1) is 13.4. The fourth-order valence-electron chi connectivity index (χ4n) is 2.07. The Bertz CT molecular complexity index is 510. The predicted octanol–water partition coefficient (Wildman–Crippen LogP) is 1.46.